The van der Waals surface area contributed by atoms with Gasteiger partial charge in [0, 0.05) is 23.0 Å². The first-order chi connectivity index (χ1) is 14.9. The number of hydrogen-bond acceptors (Lipinski definition) is 7. The van der Waals surface area contributed by atoms with Crippen molar-refractivity contribution >= 4 is 60.3 Å². The normalized spacial score (nSPS) is 16.0. The number of fused-ring (bicyclic) bond motifs is 1. The van der Waals surface area contributed by atoms with E-state index >= 15 is 0 Å². The van der Waals surface area contributed by atoms with Gasteiger partial charge in [-0.25, -0.2) is 4.98 Å². The Labute approximate surface area is 191 Å². The summed E-state index contributed by atoms with van der Waals surface area (Å²) in [7, 11) is 0. The molecule has 1 saturated heterocycles. The second-order valence-electron chi connectivity index (χ2n) is 7.00. The molecule has 1 aliphatic heterocycles. The van der Waals surface area contributed by atoms with Crippen LogP contribution in [0.3, 0.4) is 0 Å². The van der Waals surface area contributed by atoms with Gasteiger partial charge in [-0.1, -0.05) is 39.4 Å². The molecule has 1 fully saturated rings. The van der Waals surface area contributed by atoms with Crippen LogP contribution >= 0.6 is 27.3 Å². The van der Waals surface area contributed by atoms with Crippen molar-refractivity contribution in [3.63, 3.8) is 0 Å². The minimum absolute atomic E-state index is 0.0332. The predicted octanol–water partition coefficient (Wildman–Crippen LogP) is 4.24. The van der Waals surface area contributed by atoms with Crippen LogP contribution in [0.2, 0.25) is 0 Å². The number of rotatable bonds is 7. The molecule has 4 rings (SSSR count). The Hall–Kier alpha value is -2.78. The summed E-state index contributed by atoms with van der Waals surface area (Å²) < 4.78 is 12.5. The third-order valence-corrected chi connectivity index (χ3v) is 6.43. The number of aromatic nitrogens is 1. The molecule has 0 spiro atoms. The number of halogens is 1. The van der Waals surface area contributed by atoms with E-state index in [0.717, 1.165) is 20.4 Å². The lowest BCUT2D eigenvalue weighted by Crippen LogP contribution is -2.27. The van der Waals surface area contributed by atoms with Gasteiger partial charge >= 0.3 is 5.97 Å². The van der Waals surface area contributed by atoms with Gasteiger partial charge in [-0.15, -0.1) is 0 Å². The molecule has 2 aromatic carbocycles. The topological polar surface area (TPSA) is 85.8 Å². The van der Waals surface area contributed by atoms with Crippen LogP contribution in [0.25, 0.3) is 10.2 Å². The summed E-state index contributed by atoms with van der Waals surface area (Å²) in [4.78, 5) is 43.2. The summed E-state index contributed by atoms with van der Waals surface area (Å²) >= 11 is 4.68. The number of anilines is 1. The molecule has 3 aromatic rings. The van der Waals surface area contributed by atoms with Crippen LogP contribution in [-0.2, 0) is 14.3 Å². The van der Waals surface area contributed by atoms with Crippen LogP contribution in [0.15, 0.2) is 46.9 Å². The largest absolute Gasteiger partial charge is 0.494 e. The van der Waals surface area contributed by atoms with Gasteiger partial charge in [-0.2, -0.15) is 0 Å². The first kappa shape index (κ1) is 21.5. The molecule has 0 radical (unpaired) electrons. The SMILES string of the molecule is CCOc1ccc2nc(N3CC(C(=O)OCC(=O)c4ccc(Br)cc4)CC3=O)sc2c1. The lowest BCUT2D eigenvalue weighted by Gasteiger charge is -2.12. The van der Waals surface area contributed by atoms with E-state index in [1.165, 1.54) is 16.2 Å². The molecule has 1 atom stereocenters. The monoisotopic (exact) mass is 502 g/mol. The van der Waals surface area contributed by atoms with Gasteiger partial charge in [0.15, 0.2) is 17.5 Å². The van der Waals surface area contributed by atoms with E-state index < -0.39 is 11.9 Å². The zero-order chi connectivity index (χ0) is 22.0. The van der Waals surface area contributed by atoms with Gasteiger partial charge in [0.05, 0.1) is 22.7 Å². The fraction of sp³-hybridized carbons (Fsp3) is 0.273. The fourth-order valence-electron chi connectivity index (χ4n) is 3.29. The summed E-state index contributed by atoms with van der Waals surface area (Å²) in [5, 5.41) is 0.537. The number of carbonyl (C=O) groups excluding carboxylic acids is 3. The van der Waals surface area contributed by atoms with Crippen LogP contribution in [0.1, 0.15) is 23.7 Å². The zero-order valence-electron chi connectivity index (χ0n) is 16.7. The maximum atomic E-state index is 12.5. The van der Waals surface area contributed by atoms with Crippen LogP contribution in [0, 0.1) is 5.92 Å². The van der Waals surface area contributed by atoms with Crippen molar-refractivity contribution in [2.24, 2.45) is 5.92 Å². The highest BCUT2D eigenvalue weighted by atomic mass is 79.9. The molecule has 2 heterocycles. The predicted molar refractivity (Wildman–Crippen MR) is 121 cm³/mol. The first-order valence-electron chi connectivity index (χ1n) is 9.73. The summed E-state index contributed by atoms with van der Waals surface area (Å²) in [5.41, 5.74) is 1.23. The number of ketones is 1. The number of ether oxygens (including phenoxy) is 2. The molecule has 0 N–H and O–H groups in total. The van der Waals surface area contributed by atoms with Crippen molar-refractivity contribution < 1.29 is 23.9 Å². The molecule has 31 heavy (non-hydrogen) atoms. The number of hydrogen-bond donors (Lipinski definition) is 0. The maximum Gasteiger partial charge on any atom is 0.311 e. The third kappa shape index (κ3) is 4.77. The second kappa shape index (κ2) is 9.15. The van der Waals surface area contributed by atoms with E-state index in [4.69, 9.17) is 9.47 Å². The summed E-state index contributed by atoms with van der Waals surface area (Å²) in [6.45, 7) is 2.31. The van der Waals surface area contributed by atoms with E-state index in [-0.39, 0.29) is 31.3 Å². The standard InChI is InChI=1S/C22H19BrN2O5S/c1-2-29-16-7-8-17-19(10-16)31-22(24-17)25-11-14(9-20(25)27)21(28)30-12-18(26)13-3-5-15(23)6-4-13/h3-8,10,14H,2,9,11-12H2,1H3. The van der Waals surface area contributed by atoms with Gasteiger partial charge in [-0.05, 0) is 37.3 Å². The van der Waals surface area contributed by atoms with E-state index in [9.17, 15) is 14.4 Å². The fourth-order valence-corrected chi connectivity index (χ4v) is 4.57. The highest BCUT2D eigenvalue weighted by Crippen LogP contribution is 2.34. The average molecular weight is 503 g/mol. The molecule has 1 aliphatic rings. The summed E-state index contributed by atoms with van der Waals surface area (Å²) in [6, 6.07) is 12.4. The van der Waals surface area contributed by atoms with Gasteiger partial charge < -0.3 is 9.47 Å². The van der Waals surface area contributed by atoms with Crippen molar-refractivity contribution in [2.75, 3.05) is 24.7 Å². The third-order valence-electron chi connectivity index (χ3n) is 4.86. The molecule has 7 nitrogen and oxygen atoms in total. The molecule has 1 amide bonds. The second-order valence-corrected chi connectivity index (χ2v) is 8.93. The number of nitrogens with zero attached hydrogens (tertiary/aromatic N) is 2. The minimum atomic E-state index is -0.629. The molecule has 1 aromatic heterocycles. The maximum absolute atomic E-state index is 12.5. The zero-order valence-corrected chi connectivity index (χ0v) is 19.1. The molecule has 1 unspecified atom stereocenters. The molecular weight excluding hydrogens is 484 g/mol. The number of benzene rings is 2. The summed E-state index contributed by atoms with van der Waals surface area (Å²) in [6.07, 6.45) is 0.0332. The van der Waals surface area contributed by atoms with Crippen LogP contribution in [0.4, 0.5) is 5.13 Å². The van der Waals surface area contributed by atoms with Crippen molar-refractivity contribution in [3.05, 3.63) is 52.5 Å². The number of Topliss-reactive ketones (excluding diaryl/α,β-unsaturated/α-hetero) is 1. The van der Waals surface area contributed by atoms with Gasteiger partial charge in [0.2, 0.25) is 5.91 Å². The van der Waals surface area contributed by atoms with Crippen LogP contribution < -0.4 is 9.64 Å². The van der Waals surface area contributed by atoms with Crippen molar-refractivity contribution in [2.45, 2.75) is 13.3 Å². The summed E-state index contributed by atoms with van der Waals surface area (Å²) in [5.74, 6) is -0.921. The Kier molecular flexibility index (Phi) is 6.33. The highest BCUT2D eigenvalue weighted by Gasteiger charge is 2.37. The molecular formula is C22H19BrN2O5S. The van der Waals surface area contributed by atoms with Crippen LogP contribution in [-0.4, -0.2) is 42.4 Å². The minimum Gasteiger partial charge on any atom is -0.494 e. The number of amides is 1. The van der Waals surface area contributed by atoms with E-state index in [0.29, 0.717) is 17.3 Å². The van der Waals surface area contributed by atoms with E-state index in [1.54, 1.807) is 24.3 Å². The van der Waals surface area contributed by atoms with Crippen molar-refractivity contribution in [1.82, 2.24) is 4.98 Å². The Morgan fingerprint density at radius 2 is 2.00 bits per heavy atom. The first-order valence-corrected chi connectivity index (χ1v) is 11.3. The molecule has 0 aliphatic carbocycles. The molecule has 0 bridgehead atoms. The quantitative estimate of drug-likeness (QED) is 0.354. The van der Waals surface area contributed by atoms with Crippen LogP contribution in [0.5, 0.6) is 5.75 Å². The van der Waals surface area contributed by atoms with E-state index in [1.807, 2.05) is 25.1 Å². The highest BCUT2D eigenvalue weighted by molar-refractivity contribution is 9.10. The van der Waals surface area contributed by atoms with E-state index in [2.05, 4.69) is 20.9 Å². The smallest absolute Gasteiger partial charge is 0.311 e. The van der Waals surface area contributed by atoms with Crippen molar-refractivity contribution in [1.29, 1.82) is 0 Å². The van der Waals surface area contributed by atoms with Crippen molar-refractivity contribution in [3.8, 4) is 5.75 Å². The molecule has 0 saturated carbocycles. The Morgan fingerprint density at radius 3 is 2.74 bits per heavy atom. The van der Waals surface area contributed by atoms with Gasteiger partial charge in [-0.3, -0.25) is 19.3 Å². The Morgan fingerprint density at radius 1 is 1.23 bits per heavy atom. The Bertz CT molecular complexity index is 1140. The van der Waals surface area contributed by atoms with Gasteiger partial charge in [0.1, 0.15) is 5.75 Å². The number of thiazole rings is 1. The Balaban J connectivity index is 1.39. The average Bonchev–Trinajstić information content (AvgIpc) is 3.35. The molecule has 160 valence electrons. The number of esters is 1. The lowest BCUT2D eigenvalue weighted by atomic mass is 10.1. The molecule has 9 heteroatoms. The number of carbonyl (C=O) groups is 3. The lowest BCUT2D eigenvalue weighted by molar-refractivity contribution is -0.147. The van der Waals surface area contributed by atoms with Gasteiger partial charge in [0.25, 0.3) is 0 Å².